The summed E-state index contributed by atoms with van der Waals surface area (Å²) in [6.45, 7) is 3.91. The molecule has 0 radical (unpaired) electrons. The molecule has 0 unspecified atom stereocenters. The number of halogens is 3. The van der Waals surface area contributed by atoms with E-state index in [9.17, 15) is 13.2 Å². The highest BCUT2D eigenvalue weighted by Crippen LogP contribution is 2.29. The molecule has 128 valence electrons. The van der Waals surface area contributed by atoms with Crippen molar-refractivity contribution in [3.8, 4) is 0 Å². The van der Waals surface area contributed by atoms with Crippen LogP contribution in [0.25, 0.3) is 0 Å². The Hall–Kier alpha value is -2.38. The monoisotopic (exact) mass is 337 g/mol. The van der Waals surface area contributed by atoms with Gasteiger partial charge in [0.1, 0.15) is 11.5 Å². The molecule has 3 heterocycles. The third-order valence-electron chi connectivity index (χ3n) is 3.96. The van der Waals surface area contributed by atoms with Crippen molar-refractivity contribution in [3.63, 3.8) is 0 Å². The number of alkyl halides is 3. The molecule has 2 aromatic heterocycles. The van der Waals surface area contributed by atoms with Crippen LogP contribution in [-0.2, 0) is 6.18 Å². The Balaban J connectivity index is 1.59. The van der Waals surface area contributed by atoms with Gasteiger partial charge < -0.3 is 10.2 Å². The Kier molecular flexibility index (Phi) is 4.55. The summed E-state index contributed by atoms with van der Waals surface area (Å²) in [4.78, 5) is 13.8. The fourth-order valence-electron chi connectivity index (χ4n) is 2.73. The number of pyridine rings is 1. The lowest BCUT2D eigenvalue weighted by atomic mass is 10.1. The SMILES string of the molecule is Cc1cccc(NC[C@H]2CCN(c3nccc(C(F)(F)F)n3)C2)n1. The summed E-state index contributed by atoms with van der Waals surface area (Å²) in [5.74, 6) is 1.26. The maximum atomic E-state index is 12.7. The maximum absolute atomic E-state index is 12.7. The highest BCUT2D eigenvalue weighted by Gasteiger charge is 2.34. The average Bonchev–Trinajstić information content (AvgIpc) is 3.01. The van der Waals surface area contributed by atoms with Gasteiger partial charge in [0.25, 0.3) is 0 Å². The summed E-state index contributed by atoms with van der Waals surface area (Å²) in [5, 5.41) is 3.28. The molecule has 1 aliphatic rings. The fraction of sp³-hybridized carbons (Fsp3) is 0.438. The molecular formula is C16H18F3N5. The van der Waals surface area contributed by atoms with Gasteiger partial charge in [-0.1, -0.05) is 6.07 Å². The van der Waals surface area contributed by atoms with E-state index in [1.165, 1.54) is 0 Å². The number of aromatic nitrogens is 3. The minimum atomic E-state index is -4.45. The van der Waals surface area contributed by atoms with E-state index in [1.807, 2.05) is 25.1 Å². The summed E-state index contributed by atoms with van der Waals surface area (Å²) in [6.07, 6.45) is -2.42. The molecular weight excluding hydrogens is 319 g/mol. The second kappa shape index (κ2) is 6.62. The van der Waals surface area contributed by atoms with Crippen LogP contribution in [0.5, 0.6) is 0 Å². The zero-order valence-electron chi connectivity index (χ0n) is 13.2. The van der Waals surface area contributed by atoms with E-state index >= 15 is 0 Å². The standard InChI is InChI=1S/C16H18F3N5/c1-11-3-2-4-14(22-11)21-9-12-6-8-24(10-12)15-20-7-5-13(23-15)16(17,18)19/h2-5,7,12H,6,8-10H2,1H3,(H,21,22)/t12-/m1/s1. The average molecular weight is 337 g/mol. The molecule has 1 saturated heterocycles. The van der Waals surface area contributed by atoms with Crippen molar-refractivity contribution in [3.05, 3.63) is 41.9 Å². The molecule has 1 N–H and O–H groups in total. The van der Waals surface area contributed by atoms with E-state index in [2.05, 4.69) is 20.3 Å². The van der Waals surface area contributed by atoms with Gasteiger partial charge in [-0.3, -0.25) is 0 Å². The Morgan fingerprint density at radius 2 is 2.08 bits per heavy atom. The molecule has 0 spiro atoms. The van der Waals surface area contributed by atoms with Crippen LogP contribution in [-0.4, -0.2) is 34.6 Å². The largest absolute Gasteiger partial charge is 0.433 e. The summed E-state index contributed by atoms with van der Waals surface area (Å²) in [7, 11) is 0. The van der Waals surface area contributed by atoms with Gasteiger partial charge in [0.2, 0.25) is 5.95 Å². The van der Waals surface area contributed by atoms with Crippen molar-refractivity contribution in [2.45, 2.75) is 19.5 Å². The molecule has 3 rings (SSSR count). The lowest BCUT2D eigenvalue weighted by molar-refractivity contribution is -0.141. The molecule has 0 aliphatic carbocycles. The molecule has 1 aliphatic heterocycles. The first kappa shape index (κ1) is 16.5. The Morgan fingerprint density at radius 3 is 2.83 bits per heavy atom. The van der Waals surface area contributed by atoms with E-state index in [0.717, 1.165) is 30.2 Å². The number of nitrogens with zero attached hydrogens (tertiary/aromatic N) is 4. The third kappa shape index (κ3) is 3.93. The second-order valence-corrected chi connectivity index (χ2v) is 5.89. The first-order valence-electron chi connectivity index (χ1n) is 7.74. The molecule has 2 aromatic rings. The quantitative estimate of drug-likeness (QED) is 0.929. The van der Waals surface area contributed by atoms with E-state index < -0.39 is 11.9 Å². The maximum Gasteiger partial charge on any atom is 0.433 e. The van der Waals surface area contributed by atoms with Crippen LogP contribution in [0.15, 0.2) is 30.5 Å². The topological polar surface area (TPSA) is 53.9 Å². The van der Waals surface area contributed by atoms with E-state index in [1.54, 1.807) is 4.90 Å². The highest BCUT2D eigenvalue weighted by molar-refractivity contribution is 5.36. The predicted molar refractivity (Wildman–Crippen MR) is 84.8 cm³/mol. The Morgan fingerprint density at radius 1 is 1.25 bits per heavy atom. The van der Waals surface area contributed by atoms with Gasteiger partial charge >= 0.3 is 6.18 Å². The number of aryl methyl sites for hydroxylation is 1. The molecule has 24 heavy (non-hydrogen) atoms. The Bertz CT molecular complexity index is 704. The lowest BCUT2D eigenvalue weighted by Gasteiger charge is -2.17. The second-order valence-electron chi connectivity index (χ2n) is 5.89. The van der Waals surface area contributed by atoms with Crippen LogP contribution in [0.4, 0.5) is 24.9 Å². The van der Waals surface area contributed by atoms with E-state index in [4.69, 9.17) is 0 Å². The Labute approximate surface area is 138 Å². The van der Waals surface area contributed by atoms with Gasteiger partial charge in [0.05, 0.1) is 0 Å². The smallest absolute Gasteiger partial charge is 0.370 e. The van der Waals surface area contributed by atoms with Crippen molar-refractivity contribution in [2.75, 3.05) is 29.9 Å². The van der Waals surface area contributed by atoms with Gasteiger partial charge in [0, 0.05) is 31.5 Å². The number of nitrogens with one attached hydrogen (secondary N) is 1. The lowest BCUT2D eigenvalue weighted by Crippen LogP contribution is -2.25. The van der Waals surface area contributed by atoms with Crippen LogP contribution in [0.2, 0.25) is 0 Å². The molecule has 0 bridgehead atoms. The first-order chi connectivity index (χ1) is 11.4. The van der Waals surface area contributed by atoms with Crippen LogP contribution in [0.1, 0.15) is 17.8 Å². The van der Waals surface area contributed by atoms with Gasteiger partial charge in [0.15, 0.2) is 0 Å². The van der Waals surface area contributed by atoms with E-state index in [0.29, 0.717) is 25.6 Å². The van der Waals surface area contributed by atoms with Crippen LogP contribution < -0.4 is 10.2 Å². The summed E-state index contributed by atoms with van der Waals surface area (Å²) >= 11 is 0. The van der Waals surface area contributed by atoms with Crippen LogP contribution >= 0.6 is 0 Å². The molecule has 5 nitrogen and oxygen atoms in total. The van der Waals surface area contributed by atoms with Crippen LogP contribution in [0, 0.1) is 12.8 Å². The summed E-state index contributed by atoms with van der Waals surface area (Å²) in [6, 6.07) is 6.65. The molecule has 0 amide bonds. The minimum absolute atomic E-state index is 0.140. The van der Waals surface area contributed by atoms with Crippen molar-refractivity contribution in [1.82, 2.24) is 15.0 Å². The molecule has 8 heteroatoms. The number of hydrogen-bond donors (Lipinski definition) is 1. The van der Waals surface area contributed by atoms with Gasteiger partial charge in [-0.05, 0) is 37.5 Å². The highest BCUT2D eigenvalue weighted by atomic mass is 19.4. The van der Waals surface area contributed by atoms with Gasteiger partial charge in [-0.25, -0.2) is 15.0 Å². The van der Waals surface area contributed by atoms with Crippen molar-refractivity contribution < 1.29 is 13.2 Å². The first-order valence-corrected chi connectivity index (χ1v) is 7.74. The van der Waals surface area contributed by atoms with E-state index in [-0.39, 0.29) is 5.95 Å². The fourth-order valence-corrected chi connectivity index (χ4v) is 2.73. The van der Waals surface area contributed by atoms with Crippen molar-refractivity contribution >= 4 is 11.8 Å². The predicted octanol–water partition coefficient (Wildman–Crippen LogP) is 3.14. The van der Waals surface area contributed by atoms with Crippen LogP contribution in [0.3, 0.4) is 0 Å². The van der Waals surface area contributed by atoms with Gasteiger partial charge in [-0.15, -0.1) is 0 Å². The normalized spacial score (nSPS) is 18.0. The minimum Gasteiger partial charge on any atom is -0.370 e. The zero-order chi connectivity index (χ0) is 17.2. The number of rotatable bonds is 4. The number of hydrogen-bond acceptors (Lipinski definition) is 5. The van der Waals surface area contributed by atoms with Crippen molar-refractivity contribution in [2.24, 2.45) is 5.92 Å². The zero-order valence-corrected chi connectivity index (χ0v) is 13.2. The molecule has 0 saturated carbocycles. The molecule has 0 aromatic carbocycles. The van der Waals surface area contributed by atoms with Crippen molar-refractivity contribution in [1.29, 1.82) is 0 Å². The number of anilines is 2. The summed E-state index contributed by atoms with van der Waals surface area (Å²) in [5.41, 5.74) is 0.0310. The molecule has 1 atom stereocenters. The third-order valence-corrected chi connectivity index (χ3v) is 3.96. The van der Waals surface area contributed by atoms with Gasteiger partial charge in [-0.2, -0.15) is 13.2 Å². The molecule has 1 fully saturated rings. The summed E-state index contributed by atoms with van der Waals surface area (Å²) < 4.78 is 38.2.